The van der Waals surface area contributed by atoms with Gasteiger partial charge in [0.25, 0.3) is 0 Å². The lowest BCUT2D eigenvalue weighted by molar-refractivity contribution is 0.283. The third-order valence-electron chi connectivity index (χ3n) is 2.29. The van der Waals surface area contributed by atoms with Crippen LogP contribution in [0.25, 0.3) is 0 Å². The number of phenols is 1. The van der Waals surface area contributed by atoms with Crippen LogP contribution in [-0.2, 0) is 6.42 Å². The first kappa shape index (κ1) is 11.8. The fourth-order valence-corrected chi connectivity index (χ4v) is 1.47. The molecular weight excluding hydrogens is 197 g/mol. The van der Waals surface area contributed by atoms with Crippen LogP contribution in [0.15, 0.2) is 12.1 Å². The van der Waals surface area contributed by atoms with Gasteiger partial charge in [0.1, 0.15) is 11.6 Å². The molecule has 0 bridgehead atoms. The van der Waals surface area contributed by atoms with Gasteiger partial charge in [0.15, 0.2) is 0 Å². The van der Waals surface area contributed by atoms with E-state index in [2.05, 4.69) is 0 Å². The van der Waals surface area contributed by atoms with Crippen molar-refractivity contribution in [2.75, 3.05) is 12.3 Å². The quantitative estimate of drug-likeness (QED) is 0.397. The first-order valence-corrected chi connectivity index (χ1v) is 5.03. The van der Waals surface area contributed by atoms with Crippen LogP contribution in [-0.4, -0.2) is 16.8 Å². The molecule has 3 nitrogen and oxygen atoms in total. The zero-order valence-electron chi connectivity index (χ0n) is 8.54. The summed E-state index contributed by atoms with van der Waals surface area (Å²) in [5, 5.41) is 18.1. The smallest absolute Gasteiger partial charge is 0.141 e. The minimum absolute atomic E-state index is 0.0274. The molecule has 0 saturated carbocycles. The van der Waals surface area contributed by atoms with E-state index in [-0.39, 0.29) is 18.0 Å². The number of nitrogens with two attached hydrogens (primary N) is 1. The van der Waals surface area contributed by atoms with E-state index in [1.807, 2.05) is 0 Å². The zero-order valence-corrected chi connectivity index (χ0v) is 8.54. The van der Waals surface area contributed by atoms with E-state index in [0.717, 1.165) is 25.3 Å². The predicted octanol–water partition coefficient (Wildman–Crippen LogP) is 1.82. The average molecular weight is 213 g/mol. The van der Waals surface area contributed by atoms with Crippen molar-refractivity contribution < 1.29 is 14.6 Å². The van der Waals surface area contributed by atoms with Crippen molar-refractivity contribution in [3.63, 3.8) is 0 Å². The lowest BCUT2D eigenvalue weighted by Gasteiger charge is -2.07. The molecule has 0 amide bonds. The Bertz CT molecular complexity index is 329. The predicted molar refractivity (Wildman–Crippen MR) is 57.1 cm³/mol. The standard InChI is InChI=1S/C11H16FNO2/c12-9-6-8(4-2-1-3-5-14)11(15)10(13)7-9/h6-7,14-15H,1-5,13H2. The van der Waals surface area contributed by atoms with Crippen LogP contribution in [0.3, 0.4) is 0 Å². The summed E-state index contributed by atoms with van der Waals surface area (Å²) >= 11 is 0. The van der Waals surface area contributed by atoms with Gasteiger partial charge in [-0.05, 0) is 30.9 Å². The van der Waals surface area contributed by atoms with Gasteiger partial charge in [-0.25, -0.2) is 4.39 Å². The Balaban J connectivity index is 2.60. The summed E-state index contributed by atoms with van der Waals surface area (Å²) in [6.45, 7) is 0.164. The highest BCUT2D eigenvalue weighted by Crippen LogP contribution is 2.27. The highest BCUT2D eigenvalue weighted by atomic mass is 19.1. The van der Waals surface area contributed by atoms with Crippen molar-refractivity contribution in [1.29, 1.82) is 0 Å². The molecule has 0 saturated heterocycles. The van der Waals surface area contributed by atoms with Crippen LogP contribution in [0.4, 0.5) is 10.1 Å². The van der Waals surface area contributed by atoms with Gasteiger partial charge < -0.3 is 15.9 Å². The monoisotopic (exact) mass is 213 g/mol. The molecule has 0 unspecified atom stereocenters. The van der Waals surface area contributed by atoms with E-state index >= 15 is 0 Å². The van der Waals surface area contributed by atoms with Crippen molar-refractivity contribution in [2.45, 2.75) is 25.7 Å². The van der Waals surface area contributed by atoms with E-state index in [0.29, 0.717) is 12.0 Å². The van der Waals surface area contributed by atoms with Gasteiger partial charge in [-0.2, -0.15) is 0 Å². The average Bonchev–Trinajstić information content (AvgIpc) is 2.19. The van der Waals surface area contributed by atoms with Crippen molar-refractivity contribution in [2.24, 2.45) is 0 Å². The Morgan fingerprint density at radius 1 is 1.20 bits per heavy atom. The molecule has 4 heteroatoms. The largest absolute Gasteiger partial charge is 0.505 e. The summed E-state index contributed by atoms with van der Waals surface area (Å²) in [5.74, 6) is -0.456. The SMILES string of the molecule is Nc1cc(F)cc(CCCCCO)c1O. The fraction of sp³-hybridized carbons (Fsp3) is 0.455. The normalized spacial score (nSPS) is 10.5. The number of halogens is 1. The van der Waals surface area contributed by atoms with Gasteiger partial charge in [-0.1, -0.05) is 6.42 Å². The summed E-state index contributed by atoms with van der Waals surface area (Å²) in [4.78, 5) is 0. The molecule has 84 valence electrons. The topological polar surface area (TPSA) is 66.5 Å². The maximum absolute atomic E-state index is 13.0. The second-order valence-electron chi connectivity index (χ2n) is 3.54. The molecule has 0 fully saturated rings. The number of aryl methyl sites for hydroxylation is 1. The van der Waals surface area contributed by atoms with E-state index in [4.69, 9.17) is 10.8 Å². The van der Waals surface area contributed by atoms with Gasteiger partial charge >= 0.3 is 0 Å². The number of hydrogen-bond donors (Lipinski definition) is 3. The molecule has 0 aromatic heterocycles. The molecule has 0 aliphatic carbocycles. The first-order chi connectivity index (χ1) is 7.15. The van der Waals surface area contributed by atoms with E-state index in [1.165, 1.54) is 6.07 Å². The fourth-order valence-electron chi connectivity index (χ4n) is 1.47. The summed E-state index contributed by atoms with van der Waals surface area (Å²) in [6, 6.07) is 2.40. The number of unbranched alkanes of at least 4 members (excludes halogenated alkanes) is 2. The lowest BCUT2D eigenvalue weighted by atomic mass is 10.0. The zero-order chi connectivity index (χ0) is 11.3. The molecule has 0 radical (unpaired) electrons. The maximum Gasteiger partial charge on any atom is 0.141 e. The molecule has 1 aromatic rings. The Morgan fingerprint density at radius 3 is 2.60 bits per heavy atom. The molecule has 0 aliphatic heterocycles. The third kappa shape index (κ3) is 3.40. The molecule has 0 aliphatic rings. The van der Waals surface area contributed by atoms with Gasteiger partial charge in [-0.3, -0.25) is 0 Å². The van der Waals surface area contributed by atoms with Crippen LogP contribution in [0.2, 0.25) is 0 Å². The van der Waals surface area contributed by atoms with Gasteiger partial charge in [0.05, 0.1) is 5.69 Å². The van der Waals surface area contributed by atoms with Gasteiger partial charge in [-0.15, -0.1) is 0 Å². The molecular formula is C11H16FNO2. The van der Waals surface area contributed by atoms with Crippen molar-refractivity contribution in [1.82, 2.24) is 0 Å². The molecule has 0 heterocycles. The maximum atomic E-state index is 13.0. The van der Waals surface area contributed by atoms with Crippen LogP contribution in [0.5, 0.6) is 5.75 Å². The Labute approximate surface area is 88.4 Å². The third-order valence-corrected chi connectivity index (χ3v) is 2.29. The van der Waals surface area contributed by atoms with Gasteiger partial charge in [0, 0.05) is 12.7 Å². The van der Waals surface area contributed by atoms with Crippen LogP contribution in [0.1, 0.15) is 24.8 Å². The number of nitrogen functional groups attached to an aromatic ring is 1. The van der Waals surface area contributed by atoms with Crippen molar-refractivity contribution in [3.05, 3.63) is 23.5 Å². The lowest BCUT2D eigenvalue weighted by Crippen LogP contribution is -1.94. The number of phenolic OH excluding ortho intramolecular Hbond substituents is 1. The summed E-state index contributed by atoms with van der Waals surface area (Å²) in [7, 11) is 0. The van der Waals surface area contributed by atoms with Crippen molar-refractivity contribution >= 4 is 5.69 Å². The van der Waals surface area contributed by atoms with Crippen LogP contribution < -0.4 is 5.73 Å². The summed E-state index contributed by atoms with van der Waals surface area (Å²) in [6.07, 6.45) is 2.96. The number of anilines is 1. The van der Waals surface area contributed by atoms with Gasteiger partial charge in [0.2, 0.25) is 0 Å². The highest BCUT2D eigenvalue weighted by Gasteiger charge is 2.07. The number of benzene rings is 1. The van der Waals surface area contributed by atoms with E-state index < -0.39 is 5.82 Å². The van der Waals surface area contributed by atoms with Crippen LogP contribution in [0, 0.1) is 5.82 Å². The van der Waals surface area contributed by atoms with E-state index in [9.17, 15) is 9.50 Å². The number of rotatable bonds is 5. The molecule has 0 atom stereocenters. The molecule has 0 spiro atoms. The number of hydrogen-bond acceptors (Lipinski definition) is 3. The van der Waals surface area contributed by atoms with Crippen LogP contribution >= 0.6 is 0 Å². The van der Waals surface area contributed by atoms with Crippen molar-refractivity contribution in [3.8, 4) is 5.75 Å². The molecule has 15 heavy (non-hydrogen) atoms. The molecule has 1 rings (SSSR count). The van der Waals surface area contributed by atoms with E-state index in [1.54, 1.807) is 0 Å². The number of aliphatic hydroxyl groups is 1. The summed E-state index contributed by atoms with van der Waals surface area (Å²) < 4.78 is 13.0. The Morgan fingerprint density at radius 2 is 1.93 bits per heavy atom. The minimum atomic E-state index is -0.428. The minimum Gasteiger partial charge on any atom is -0.505 e. The Hall–Kier alpha value is -1.29. The Kier molecular flexibility index (Phi) is 4.37. The number of aromatic hydroxyl groups is 1. The number of aliphatic hydroxyl groups excluding tert-OH is 1. The molecule has 4 N–H and O–H groups in total. The second kappa shape index (κ2) is 5.56. The molecule has 1 aromatic carbocycles. The first-order valence-electron chi connectivity index (χ1n) is 5.03. The second-order valence-corrected chi connectivity index (χ2v) is 3.54. The highest BCUT2D eigenvalue weighted by molar-refractivity contribution is 5.56. The summed E-state index contributed by atoms with van der Waals surface area (Å²) in [5.41, 5.74) is 6.03.